The first-order valence-electron chi connectivity index (χ1n) is 4.13. The van der Waals surface area contributed by atoms with Crippen LogP contribution in [-0.4, -0.2) is 13.6 Å². The van der Waals surface area contributed by atoms with E-state index in [4.69, 9.17) is 0 Å². The van der Waals surface area contributed by atoms with Crippen LogP contribution in [0.2, 0.25) is 0 Å². The normalized spacial score (nSPS) is 11.5. The van der Waals surface area contributed by atoms with Crippen molar-refractivity contribution in [3.63, 3.8) is 0 Å². The van der Waals surface area contributed by atoms with Gasteiger partial charge in [-0.15, -0.1) is 0 Å². The molecule has 1 radical (unpaired) electrons. The molecule has 0 aliphatic heterocycles. The number of hydrogen-bond donors (Lipinski definition) is 0. The smallest absolute Gasteiger partial charge is 0.374 e. The molecule has 0 unspecified atom stereocenters. The Balaban J connectivity index is 3.16. The lowest BCUT2D eigenvalue weighted by atomic mass is 10.1. The van der Waals surface area contributed by atoms with Gasteiger partial charge in [0.05, 0.1) is 5.56 Å². The largest absolute Gasteiger partial charge is 0.418 e. The number of hydrogen-bond acceptors (Lipinski definition) is 1. The Morgan fingerprint density at radius 3 is 2.36 bits per heavy atom. The average molecular weight is 202 g/mol. The van der Waals surface area contributed by atoms with Gasteiger partial charge in [0.25, 0.3) is 0 Å². The lowest BCUT2D eigenvalue weighted by Gasteiger charge is -2.21. The fourth-order valence-corrected chi connectivity index (χ4v) is 1.17. The van der Waals surface area contributed by atoms with Gasteiger partial charge in [0, 0.05) is 19.3 Å². The quantitative estimate of drug-likeness (QED) is 0.712. The standard InChI is InChI=1S/C10H11F3N/c1-3-14(2)9-7-5-4-6-8(9)10(11,12)13/h4-7H,1,3H2,2H3. The summed E-state index contributed by atoms with van der Waals surface area (Å²) in [6.07, 6.45) is -4.31. The maximum atomic E-state index is 12.5. The number of nitrogens with zero attached hydrogens (tertiary/aromatic N) is 1. The first kappa shape index (κ1) is 10.9. The van der Waals surface area contributed by atoms with Crippen LogP contribution in [0, 0.1) is 6.92 Å². The van der Waals surface area contributed by atoms with E-state index in [2.05, 4.69) is 6.92 Å². The van der Waals surface area contributed by atoms with E-state index >= 15 is 0 Å². The Morgan fingerprint density at radius 1 is 1.29 bits per heavy atom. The van der Waals surface area contributed by atoms with Gasteiger partial charge in [-0.05, 0) is 19.1 Å². The summed E-state index contributed by atoms with van der Waals surface area (Å²) in [5, 5.41) is 0. The monoisotopic (exact) mass is 202 g/mol. The summed E-state index contributed by atoms with van der Waals surface area (Å²) in [6, 6.07) is 5.47. The summed E-state index contributed by atoms with van der Waals surface area (Å²) < 4.78 is 37.5. The van der Waals surface area contributed by atoms with Gasteiger partial charge in [-0.2, -0.15) is 13.2 Å². The molecule has 0 saturated heterocycles. The van der Waals surface area contributed by atoms with Gasteiger partial charge < -0.3 is 4.90 Å². The molecule has 0 fully saturated rings. The van der Waals surface area contributed by atoms with Gasteiger partial charge in [0.15, 0.2) is 0 Å². The highest BCUT2D eigenvalue weighted by molar-refractivity contribution is 5.54. The zero-order valence-electron chi connectivity index (χ0n) is 7.80. The van der Waals surface area contributed by atoms with E-state index in [1.165, 1.54) is 17.0 Å². The second-order valence-electron chi connectivity index (χ2n) is 2.94. The third-order valence-electron chi connectivity index (χ3n) is 1.96. The van der Waals surface area contributed by atoms with Gasteiger partial charge in [0.2, 0.25) is 0 Å². The first-order chi connectivity index (χ1) is 6.46. The molecule has 0 heterocycles. The van der Waals surface area contributed by atoms with Crippen molar-refractivity contribution in [2.45, 2.75) is 6.18 Å². The Hall–Kier alpha value is -1.19. The van der Waals surface area contributed by atoms with E-state index in [-0.39, 0.29) is 5.69 Å². The molecular formula is C10H11F3N. The topological polar surface area (TPSA) is 3.24 Å². The Morgan fingerprint density at radius 2 is 1.86 bits per heavy atom. The van der Waals surface area contributed by atoms with Gasteiger partial charge in [-0.25, -0.2) is 0 Å². The van der Waals surface area contributed by atoms with E-state index in [1.807, 2.05) is 0 Å². The molecule has 14 heavy (non-hydrogen) atoms. The summed E-state index contributed by atoms with van der Waals surface area (Å²) in [6.45, 7) is 3.84. The van der Waals surface area contributed by atoms with Crippen molar-refractivity contribution < 1.29 is 13.2 Å². The molecule has 0 N–H and O–H groups in total. The summed E-state index contributed by atoms with van der Waals surface area (Å²) in [7, 11) is 1.58. The van der Waals surface area contributed by atoms with Gasteiger partial charge in [0.1, 0.15) is 0 Å². The summed E-state index contributed by atoms with van der Waals surface area (Å²) in [4.78, 5) is 1.46. The Labute approximate surface area is 81.1 Å². The molecular weight excluding hydrogens is 191 g/mol. The number of rotatable bonds is 2. The van der Waals surface area contributed by atoms with E-state index in [0.29, 0.717) is 6.54 Å². The Kier molecular flexibility index (Phi) is 3.03. The summed E-state index contributed by atoms with van der Waals surface area (Å²) >= 11 is 0. The predicted octanol–water partition coefficient (Wildman–Crippen LogP) is 2.98. The first-order valence-corrected chi connectivity index (χ1v) is 4.13. The van der Waals surface area contributed by atoms with Crippen molar-refractivity contribution in [2.24, 2.45) is 0 Å². The van der Waals surface area contributed by atoms with Crippen LogP contribution in [0.25, 0.3) is 0 Å². The van der Waals surface area contributed by atoms with Gasteiger partial charge in [-0.3, -0.25) is 0 Å². The molecule has 0 aliphatic rings. The van der Waals surface area contributed by atoms with Crippen molar-refractivity contribution in [3.05, 3.63) is 36.8 Å². The molecule has 0 spiro atoms. The maximum absolute atomic E-state index is 12.5. The van der Waals surface area contributed by atoms with Crippen LogP contribution in [-0.2, 0) is 6.18 Å². The van der Waals surface area contributed by atoms with E-state index in [1.54, 1.807) is 13.1 Å². The third kappa shape index (κ3) is 2.19. The van der Waals surface area contributed by atoms with Crippen LogP contribution in [0.1, 0.15) is 5.56 Å². The fraction of sp³-hybridized carbons (Fsp3) is 0.300. The van der Waals surface area contributed by atoms with E-state index in [0.717, 1.165) is 6.07 Å². The minimum Gasteiger partial charge on any atom is -0.374 e. The second-order valence-corrected chi connectivity index (χ2v) is 2.94. The maximum Gasteiger partial charge on any atom is 0.418 e. The summed E-state index contributed by atoms with van der Waals surface area (Å²) in [5.41, 5.74) is -0.457. The molecule has 1 rings (SSSR count). The molecule has 0 aliphatic carbocycles. The Bertz CT molecular complexity index is 306. The van der Waals surface area contributed by atoms with E-state index in [9.17, 15) is 13.2 Å². The van der Waals surface area contributed by atoms with Crippen LogP contribution in [0.15, 0.2) is 24.3 Å². The van der Waals surface area contributed by atoms with Crippen molar-refractivity contribution in [2.75, 3.05) is 18.5 Å². The van der Waals surface area contributed by atoms with Gasteiger partial charge >= 0.3 is 6.18 Å². The van der Waals surface area contributed by atoms with Crippen LogP contribution in [0.3, 0.4) is 0 Å². The van der Waals surface area contributed by atoms with Crippen LogP contribution < -0.4 is 4.90 Å². The average Bonchev–Trinajstić information content (AvgIpc) is 2.15. The highest BCUT2D eigenvalue weighted by Crippen LogP contribution is 2.35. The third-order valence-corrected chi connectivity index (χ3v) is 1.96. The number of halogens is 3. The zero-order chi connectivity index (χ0) is 10.8. The number of alkyl halides is 3. The highest BCUT2D eigenvalue weighted by atomic mass is 19.4. The summed E-state index contributed by atoms with van der Waals surface area (Å²) in [5.74, 6) is 0. The molecule has 0 bridgehead atoms. The molecule has 1 aromatic carbocycles. The second kappa shape index (κ2) is 3.90. The molecule has 0 saturated carbocycles. The molecule has 4 heteroatoms. The van der Waals surface area contributed by atoms with Crippen molar-refractivity contribution >= 4 is 5.69 Å². The van der Waals surface area contributed by atoms with Gasteiger partial charge in [-0.1, -0.05) is 12.1 Å². The van der Waals surface area contributed by atoms with Crippen molar-refractivity contribution in [1.82, 2.24) is 0 Å². The molecule has 77 valence electrons. The minimum absolute atomic E-state index is 0.162. The lowest BCUT2D eigenvalue weighted by Crippen LogP contribution is -2.20. The van der Waals surface area contributed by atoms with Crippen LogP contribution >= 0.6 is 0 Å². The number of para-hydroxylation sites is 1. The van der Waals surface area contributed by atoms with E-state index < -0.39 is 11.7 Å². The molecule has 1 aromatic rings. The predicted molar refractivity (Wildman–Crippen MR) is 50.1 cm³/mol. The van der Waals surface area contributed by atoms with Crippen LogP contribution in [0.4, 0.5) is 18.9 Å². The number of benzene rings is 1. The van der Waals surface area contributed by atoms with Crippen molar-refractivity contribution in [1.29, 1.82) is 0 Å². The molecule has 1 nitrogen and oxygen atoms in total. The highest BCUT2D eigenvalue weighted by Gasteiger charge is 2.33. The van der Waals surface area contributed by atoms with Crippen LogP contribution in [0.5, 0.6) is 0 Å². The minimum atomic E-state index is -4.31. The zero-order valence-corrected chi connectivity index (χ0v) is 7.80. The van der Waals surface area contributed by atoms with Crippen molar-refractivity contribution in [3.8, 4) is 0 Å². The SMILES string of the molecule is [CH2]CN(C)c1ccccc1C(F)(F)F. The molecule has 0 amide bonds. The molecule has 0 aromatic heterocycles. The lowest BCUT2D eigenvalue weighted by molar-refractivity contribution is -0.137. The fourth-order valence-electron chi connectivity index (χ4n) is 1.17. The number of anilines is 1. The molecule has 0 atom stereocenters.